The molecule has 0 aromatic rings. The Labute approximate surface area is 135 Å². The Morgan fingerprint density at radius 2 is 1.55 bits per heavy atom. The second-order valence-corrected chi connectivity index (χ2v) is 6.89. The lowest BCUT2D eigenvalue weighted by atomic mass is 10.3. The SMILES string of the molecule is CCCCN1C=CN(CC)C1OP(=O)(OCCC)OCCC. The Hall–Kier alpha value is -0.550. The molecule has 1 aliphatic heterocycles. The van der Waals surface area contributed by atoms with Crippen LogP contribution in [0.15, 0.2) is 12.4 Å². The van der Waals surface area contributed by atoms with Gasteiger partial charge in [0.15, 0.2) is 0 Å². The Morgan fingerprint density at radius 1 is 0.955 bits per heavy atom. The Morgan fingerprint density at radius 3 is 2.05 bits per heavy atom. The van der Waals surface area contributed by atoms with E-state index in [1.54, 1.807) is 0 Å². The quantitative estimate of drug-likeness (QED) is 0.500. The van der Waals surface area contributed by atoms with Crippen molar-refractivity contribution in [2.75, 3.05) is 26.3 Å². The van der Waals surface area contributed by atoms with Gasteiger partial charge in [-0.2, -0.15) is 0 Å². The average Bonchev–Trinajstić information content (AvgIpc) is 2.90. The molecule has 0 saturated heterocycles. The van der Waals surface area contributed by atoms with Crippen molar-refractivity contribution in [3.05, 3.63) is 12.4 Å². The molecule has 1 rings (SSSR count). The zero-order valence-corrected chi connectivity index (χ0v) is 15.3. The number of rotatable bonds is 12. The summed E-state index contributed by atoms with van der Waals surface area (Å²) in [7, 11) is -3.54. The number of unbranched alkanes of at least 4 members (excludes halogenated alkanes) is 1. The highest BCUT2D eigenvalue weighted by Gasteiger charge is 2.36. The third-order valence-electron chi connectivity index (χ3n) is 3.28. The van der Waals surface area contributed by atoms with E-state index in [4.69, 9.17) is 13.6 Å². The van der Waals surface area contributed by atoms with Gasteiger partial charge in [-0.3, -0.25) is 9.05 Å². The highest BCUT2D eigenvalue weighted by molar-refractivity contribution is 7.48. The van der Waals surface area contributed by atoms with Crippen molar-refractivity contribution in [3.63, 3.8) is 0 Å². The minimum Gasteiger partial charge on any atom is -0.334 e. The number of hydrogen-bond donors (Lipinski definition) is 0. The van der Waals surface area contributed by atoms with Gasteiger partial charge in [-0.1, -0.05) is 27.2 Å². The largest absolute Gasteiger partial charge is 0.478 e. The van der Waals surface area contributed by atoms with Crippen LogP contribution < -0.4 is 0 Å². The highest BCUT2D eigenvalue weighted by atomic mass is 31.2. The van der Waals surface area contributed by atoms with Crippen molar-refractivity contribution >= 4 is 7.82 Å². The van der Waals surface area contributed by atoms with E-state index in [9.17, 15) is 4.57 Å². The Kier molecular flexibility index (Phi) is 9.10. The molecule has 0 aliphatic carbocycles. The van der Waals surface area contributed by atoms with Gasteiger partial charge in [-0.15, -0.1) is 0 Å². The van der Waals surface area contributed by atoms with Crippen LogP contribution in [0.2, 0.25) is 0 Å². The smallest absolute Gasteiger partial charge is 0.334 e. The van der Waals surface area contributed by atoms with E-state index in [1.165, 1.54) is 0 Å². The molecular weight excluding hydrogens is 303 g/mol. The van der Waals surface area contributed by atoms with Crippen LogP contribution in [-0.2, 0) is 18.1 Å². The molecule has 130 valence electrons. The maximum absolute atomic E-state index is 12.8. The summed E-state index contributed by atoms with van der Waals surface area (Å²) in [5, 5.41) is 0. The van der Waals surface area contributed by atoms with E-state index in [2.05, 4.69) is 6.92 Å². The molecule has 0 spiro atoms. The van der Waals surface area contributed by atoms with Gasteiger partial charge in [0, 0.05) is 25.5 Å². The van der Waals surface area contributed by atoms with Crippen LogP contribution in [0.25, 0.3) is 0 Å². The summed E-state index contributed by atoms with van der Waals surface area (Å²) in [4.78, 5) is 4.04. The molecule has 22 heavy (non-hydrogen) atoms. The van der Waals surface area contributed by atoms with Gasteiger partial charge in [-0.05, 0) is 26.2 Å². The van der Waals surface area contributed by atoms with Gasteiger partial charge in [-0.25, -0.2) is 9.09 Å². The number of phosphoric acid groups is 1. The summed E-state index contributed by atoms with van der Waals surface area (Å²) >= 11 is 0. The minimum atomic E-state index is -3.54. The summed E-state index contributed by atoms with van der Waals surface area (Å²) in [5.41, 5.74) is 0. The van der Waals surface area contributed by atoms with Gasteiger partial charge in [0.05, 0.1) is 13.2 Å². The molecule has 0 aromatic heterocycles. The molecule has 6 nitrogen and oxygen atoms in total. The third kappa shape index (κ3) is 5.92. The molecule has 1 unspecified atom stereocenters. The Bertz CT molecular complexity index is 367. The monoisotopic (exact) mass is 334 g/mol. The van der Waals surface area contributed by atoms with Crippen LogP contribution in [0.1, 0.15) is 53.4 Å². The van der Waals surface area contributed by atoms with E-state index in [1.807, 2.05) is 43.0 Å². The topological polar surface area (TPSA) is 51.2 Å². The van der Waals surface area contributed by atoms with E-state index in [-0.39, 0.29) is 0 Å². The summed E-state index contributed by atoms with van der Waals surface area (Å²) < 4.78 is 29.5. The molecule has 7 heteroatoms. The number of phosphoric ester groups is 1. The average molecular weight is 334 g/mol. The van der Waals surface area contributed by atoms with Gasteiger partial charge >= 0.3 is 7.82 Å². The summed E-state index contributed by atoms with van der Waals surface area (Å²) in [6.45, 7) is 10.5. The maximum atomic E-state index is 12.8. The summed E-state index contributed by atoms with van der Waals surface area (Å²) in [6.07, 6.45) is 7.21. The van der Waals surface area contributed by atoms with E-state index >= 15 is 0 Å². The standard InChI is InChI=1S/C15H31N2O4P/c1-5-9-10-17-12-11-16(8-4)15(17)21-22(18,19-13-6-2)20-14-7-3/h11-12,15H,5-10,13-14H2,1-4H3. The number of nitrogens with zero attached hydrogens (tertiary/aromatic N) is 2. The molecule has 0 fully saturated rings. The predicted octanol–water partition coefficient (Wildman–Crippen LogP) is 4.16. The molecule has 0 aromatic carbocycles. The second-order valence-electron chi connectivity index (χ2n) is 5.27. The van der Waals surface area contributed by atoms with Crippen molar-refractivity contribution < 1.29 is 18.1 Å². The van der Waals surface area contributed by atoms with Crippen LogP contribution in [-0.4, -0.2) is 42.5 Å². The van der Waals surface area contributed by atoms with Crippen LogP contribution in [0, 0.1) is 0 Å². The lowest BCUT2D eigenvalue weighted by Crippen LogP contribution is -2.40. The van der Waals surface area contributed by atoms with Gasteiger partial charge in [0.2, 0.25) is 6.35 Å². The van der Waals surface area contributed by atoms with Crippen LogP contribution in [0.4, 0.5) is 0 Å². The zero-order valence-electron chi connectivity index (χ0n) is 14.4. The number of hydrogen-bond acceptors (Lipinski definition) is 6. The Balaban J connectivity index is 2.75. The molecule has 0 saturated carbocycles. The van der Waals surface area contributed by atoms with Crippen molar-refractivity contribution in [2.45, 2.75) is 59.7 Å². The molecule has 1 aliphatic rings. The van der Waals surface area contributed by atoms with Crippen molar-refractivity contribution in [1.29, 1.82) is 0 Å². The molecule has 1 heterocycles. The molecule has 0 radical (unpaired) electrons. The molecule has 0 N–H and O–H groups in total. The molecule has 1 atom stereocenters. The van der Waals surface area contributed by atoms with E-state index in [0.717, 1.165) is 38.8 Å². The normalized spacial score (nSPS) is 18.5. The zero-order chi connectivity index (χ0) is 16.4. The lowest BCUT2D eigenvalue weighted by molar-refractivity contribution is -0.0533. The first-order chi connectivity index (χ1) is 10.6. The predicted molar refractivity (Wildman–Crippen MR) is 88.1 cm³/mol. The third-order valence-corrected chi connectivity index (χ3v) is 4.73. The summed E-state index contributed by atoms with van der Waals surface area (Å²) in [5.74, 6) is 0. The molecule has 0 bridgehead atoms. The fourth-order valence-corrected chi connectivity index (χ4v) is 3.52. The van der Waals surface area contributed by atoms with E-state index < -0.39 is 14.2 Å². The lowest BCUT2D eigenvalue weighted by Gasteiger charge is -2.33. The fraction of sp³-hybridized carbons (Fsp3) is 0.867. The first-order valence-electron chi connectivity index (χ1n) is 8.37. The summed E-state index contributed by atoms with van der Waals surface area (Å²) in [6, 6.07) is 0. The van der Waals surface area contributed by atoms with Crippen LogP contribution in [0.3, 0.4) is 0 Å². The van der Waals surface area contributed by atoms with Crippen LogP contribution in [0.5, 0.6) is 0 Å². The van der Waals surface area contributed by atoms with Crippen molar-refractivity contribution in [1.82, 2.24) is 9.80 Å². The first-order valence-corrected chi connectivity index (χ1v) is 9.83. The van der Waals surface area contributed by atoms with Crippen molar-refractivity contribution in [2.24, 2.45) is 0 Å². The maximum Gasteiger partial charge on any atom is 0.478 e. The van der Waals surface area contributed by atoms with E-state index in [0.29, 0.717) is 13.2 Å². The highest BCUT2D eigenvalue weighted by Crippen LogP contribution is 2.52. The minimum absolute atomic E-state index is 0.363. The van der Waals surface area contributed by atoms with Gasteiger partial charge in [0.25, 0.3) is 0 Å². The second kappa shape index (κ2) is 10.3. The van der Waals surface area contributed by atoms with Crippen molar-refractivity contribution in [3.8, 4) is 0 Å². The molecule has 0 amide bonds. The van der Waals surface area contributed by atoms with Crippen LogP contribution >= 0.6 is 7.82 Å². The fourth-order valence-electron chi connectivity index (χ4n) is 2.04. The van der Waals surface area contributed by atoms with Gasteiger partial charge < -0.3 is 9.80 Å². The molecular formula is C15H31N2O4P. The van der Waals surface area contributed by atoms with Gasteiger partial charge in [0.1, 0.15) is 0 Å². The first kappa shape index (κ1) is 19.5.